The van der Waals surface area contributed by atoms with E-state index in [1.807, 2.05) is 30.3 Å². The molecule has 0 atom stereocenters. The van der Waals surface area contributed by atoms with Gasteiger partial charge >= 0.3 is 0 Å². The number of para-hydroxylation sites is 1. The predicted octanol–water partition coefficient (Wildman–Crippen LogP) is 2.89. The van der Waals surface area contributed by atoms with Crippen LogP contribution >= 0.6 is 0 Å². The van der Waals surface area contributed by atoms with Crippen molar-refractivity contribution in [1.29, 1.82) is 0 Å². The number of benzene rings is 1. The topological polar surface area (TPSA) is 42.1 Å². The lowest BCUT2D eigenvalue weighted by atomic mass is 10.1. The lowest BCUT2D eigenvalue weighted by Crippen LogP contribution is -1.92. The van der Waals surface area contributed by atoms with Crippen LogP contribution in [0.3, 0.4) is 0 Å². The molecule has 0 saturated heterocycles. The summed E-state index contributed by atoms with van der Waals surface area (Å²) in [5.74, 6) is 0.820. The van der Waals surface area contributed by atoms with E-state index in [9.17, 15) is 4.79 Å². The number of hydrogen-bond donors (Lipinski definition) is 1. The first-order valence-corrected chi connectivity index (χ1v) is 5.05. The number of H-pyrrole nitrogens is 1. The van der Waals surface area contributed by atoms with Crippen LogP contribution in [0.5, 0.6) is 5.75 Å². The molecule has 0 radical (unpaired) electrons. The van der Waals surface area contributed by atoms with Gasteiger partial charge in [0.05, 0.1) is 12.8 Å². The van der Waals surface area contributed by atoms with Crippen molar-refractivity contribution in [3.8, 4) is 17.0 Å². The van der Waals surface area contributed by atoms with Crippen LogP contribution in [-0.4, -0.2) is 17.9 Å². The summed E-state index contributed by atoms with van der Waals surface area (Å²) in [7, 11) is 1.63. The molecule has 1 heterocycles. The normalized spacial score (nSPS) is 10.1. The fourth-order valence-electron chi connectivity index (χ4n) is 1.62. The molecular weight excluding hydrogens is 202 g/mol. The SMILES string of the molecule is COc1ccccc1-c1ccc(C(C)=O)[nH]1. The minimum Gasteiger partial charge on any atom is -0.496 e. The quantitative estimate of drug-likeness (QED) is 0.800. The highest BCUT2D eigenvalue weighted by Crippen LogP contribution is 2.28. The Morgan fingerprint density at radius 3 is 2.56 bits per heavy atom. The fraction of sp³-hybridized carbons (Fsp3) is 0.154. The van der Waals surface area contributed by atoms with Crippen molar-refractivity contribution in [3.05, 3.63) is 42.1 Å². The minimum absolute atomic E-state index is 0.0288. The van der Waals surface area contributed by atoms with Crippen molar-refractivity contribution in [1.82, 2.24) is 4.98 Å². The molecule has 3 heteroatoms. The number of hydrogen-bond acceptors (Lipinski definition) is 2. The van der Waals surface area contributed by atoms with Crippen LogP contribution in [0.1, 0.15) is 17.4 Å². The van der Waals surface area contributed by atoms with Crippen LogP contribution in [0.4, 0.5) is 0 Å². The molecule has 0 aliphatic carbocycles. The molecule has 2 rings (SSSR count). The summed E-state index contributed by atoms with van der Waals surface area (Å²) in [4.78, 5) is 14.3. The number of carbonyl (C=O) groups is 1. The summed E-state index contributed by atoms with van der Waals surface area (Å²) in [6.07, 6.45) is 0. The van der Waals surface area contributed by atoms with Crippen molar-refractivity contribution in [3.63, 3.8) is 0 Å². The van der Waals surface area contributed by atoms with E-state index in [0.717, 1.165) is 17.0 Å². The molecule has 0 fully saturated rings. The Morgan fingerprint density at radius 1 is 1.19 bits per heavy atom. The fourth-order valence-corrected chi connectivity index (χ4v) is 1.62. The number of carbonyl (C=O) groups excluding carboxylic acids is 1. The number of Topliss-reactive ketones (excluding diaryl/α,β-unsaturated/α-hetero) is 1. The Balaban J connectivity index is 2.46. The van der Waals surface area contributed by atoms with Crippen LogP contribution in [-0.2, 0) is 0 Å². The second-order valence-electron chi connectivity index (χ2n) is 3.54. The first kappa shape index (κ1) is 10.5. The molecular formula is C13H13NO2. The van der Waals surface area contributed by atoms with Gasteiger partial charge in [-0.25, -0.2) is 0 Å². The molecule has 3 nitrogen and oxygen atoms in total. The summed E-state index contributed by atoms with van der Waals surface area (Å²) in [6, 6.07) is 11.4. The van der Waals surface area contributed by atoms with Crippen molar-refractivity contribution >= 4 is 5.78 Å². The maximum absolute atomic E-state index is 11.2. The Kier molecular flexibility index (Phi) is 2.77. The van der Waals surface area contributed by atoms with E-state index >= 15 is 0 Å². The average molecular weight is 215 g/mol. The largest absolute Gasteiger partial charge is 0.496 e. The van der Waals surface area contributed by atoms with Crippen molar-refractivity contribution in [2.75, 3.05) is 7.11 Å². The Morgan fingerprint density at radius 2 is 1.94 bits per heavy atom. The molecule has 0 bridgehead atoms. The highest BCUT2D eigenvalue weighted by Gasteiger charge is 2.08. The summed E-state index contributed by atoms with van der Waals surface area (Å²) >= 11 is 0. The number of rotatable bonds is 3. The molecule has 0 unspecified atom stereocenters. The van der Waals surface area contributed by atoms with Gasteiger partial charge < -0.3 is 9.72 Å². The molecule has 1 N–H and O–H groups in total. The maximum atomic E-state index is 11.2. The third-order valence-corrected chi connectivity index (χ3v) is 2.46. The zero-order valence-corrected chi connectivity index (χ0v) is 9.28. The van der Waals surface area contributed by atoms with Crippen LogP contribution in [0.15, 0.2) is 36.4 Å². The van der Waals surface area contributed by atoms with E-state index in [2.05, 4.69) is 4.98 Å². The second kappa shape index (κ2) is 4.23. The van der Waals surface area contributed by atoms with Gasteiger partial charge in [-0.15, -0.1) is 0 Å². The molecule has 0 spiro atoms. The Bertz CT molecular complexity index is 514. The average Bonchev–Trinajstić information content (AvgIpc) is 2.78. The number of ether oxygens (including phenoxy) is 1. The molecule has 0 aliphatic heterocycles. The zero-order valence-electron chi connectivity index (χ0n) is 9.28. The zero-order chi connectivity index (χ0) is 11.5. The van der Waals surface area contributed by atoms with E-state index in [-0.39, 0.29) is 5.78 Å². The number of nitrogens with one attached hydrogen (secondary N) is 1. The van der Waals surface area contributed by atoms with Crippen molar-refractivity contribution in [2.24, 2.45) is 0 Å². The number of methoxy groups -OCH3 is 1. The van der Waals surface area contributed by atoms with Crippen molar-refractivity contribution in [2.45, 2.75) is 6.92 Å². The number of aromatic amines is 1. The summed E-state index contributed by atoms with van der Waals surface area (Å²) < 4.78 is 5.26. The first-order valence-electron chi connectivity index (χ1n) is 5.05. The maximum Gasteiger partial charge on any atom is 0.175 e. The molecule has 82 valence electrons. The Labute approximate surface area is 94.1 Å². The van der Waals surface area contributed by atoms with Gasteiger partial charge in [0, 0.05) is 18.2 Å². The minimum atomic E-state index is 0.0288. The number of aromatic nitrogens is 1. The van der Waals surface area contributed by atoms with Gasteiger partial charge in [-0.1, -0.05) is 12.1 Å². The van der Waals surface area contributed by atoms with Gasteiger partial charge in [-0.3, -0.25) is 4.79 Å². The van der Waals surface area contributed by atoms with E-state index in [1.165, 1.54) is 6.92 Å². The number of ketones is 1. The highest BCUT2D eigenvalue weighted by molar-refractivity contribution is 5.93. The van der Waals surface area contributed by atoms with Crippen LogP contribution in [0, 0.1) is 0 Å². The van der Waals surface area contributed by atoms with Crippen LogP contribution in [0.2, 0.25) is 0 Å². The van der Waals surface area contributed by atoms with E-state index in [4.69, 9.17) is 4.74 Å². The third-order valence-electron chi connectivity index (χ3n) is 2.46. The second-order valence-corrected chi connectivity index (χ2v) is 3.54. The van der Waals surface area contributed by atoms with E-state index < -0.39 is 0 Å². The summed E-state index contributed by atoms with van der Waals surface area (Å²) in [6.45, 7) is 1.54. The molecule has 1 aromatic heterocycles. The van der Waals surface area contributed by atoms with Gasteiger partial charge in [-0.2, -0.15) is 0 Å². The third kappa shape index (κ3) is 1.84. The predicted molar refractivity (Wildman–Crippen MR) is 62.8 cm³/mol. The smallest absolute Gasteiger partial charge is 0.175 e. The summed E-state index contributed by atoms with van der Waals surface area (Å²) in [5, 5.41) is 0. The lowest BCUT2D eigenvalue weighted by molar-refractivity contribution is 0.101. The monoisotopic (exact) mass is 215 g/mol. The van der Waals surface area contributed by atoms with Gasteiger partial charge in [0.1, 0.15) is 5.75 Å². The van der Waals surface area contributed by atoms with E-state index in [1.54, 1.807) is 13.2 Å². The molecule has 0 amide bonds. The summed E-state index contributed by atoms with van der Waals surface area (Å²) in [5.41, 5.74) is 2.46. The first-order chi connectivity index (χ1) is 7.72. The van der Waals surface area contributed by atoms with Crippen LogP contribution in [0.25, 0.3) is 11.3 Å². The van der Waals surface area contributed by atoms with Gasteiger partial charge in [0.25, 0.3) is 0 Å². The van der Waals surface area contributed by atoms with Crippen LogP contribution < -0.4 is 4.74 Å². The molecule has 16 heavy (non-hydrogen) atoms. The van der Waals surface area contributed by atoms with Gasteiger partial charge in [0.2, 0.25) is 0 Å². The van der Waals surface area contributed by atoms with Gasteiger partial charge in [0.15, 0.2) is 5.78 Å². The highest BCUT2D eigenvalue weighted by atomic mass is 16.5. The van der Waals surface area contributed by atoms with Crippen molar-refractivity contribution < 1.29 is 9.53 Å². The Hall–Kier alpha value is -2.03. The molecule has 1 aromatic carbocycles. The molecule has 2 aromatic rings. The molecule has 0 saturated carbocycles. The lowest BCUT2D eigenvalue weighted by Gasteiger charge is -2.05. The molecule has 0 aliphatic rings. The standard InChI is InChI=1S/C13H13NO2/c1-9(15)11-7-8-12(14-11)10-5-3-4-6-13(10)16-2/h3-8,14H,1-2H3. The van der Waals surface area contributed by atoms with Gasteiger partial charge in [-0.05, 0) is 24.3 Å². The van der Waals surface area contributed by atoms with E-state index in [0.29, 0.717) is 5.69 Å².